The summed E-state index contributed by atoms with van der Waals surface area (Å²) in [7, 11) is 1.58. The maximum absolute atomic E-state index is 13.5. The normalized spacial score (nSPS) is 11.5. The summed E-state index contributed by atoms with van der Waals surface area (Å²) < 4.78 is 0. The molecule has 0 fully saturated rings. The van der Waals surface area contributed by atoms with Crippen molar-refractivity contribution >= 4 is 29.3 Å². The number of nitrogens with one attached hydrogen (secondary N) is 1. The predicted octanol–water partition coefficient (Wildman–Crippen LogP) is 4.52. The third-order valence-electron chi connectivity index (χ3n) is 5.59. The van der Waals surface area contributed by atoms with Crippen LogP contribution in [0.5, 0.6) is 0 Å². The van der Waals surface area contributed by atoms with Crippen molar-refractivity contribution in [3.8, 4) is 0 Å². The minimum absolute atomic E-state index is 0.0356. The minimum Gasteiger partial charge on any atom is -0.357 e. The number of likely N-dealkylation sites (N-methyl/N-ethyl adjacent to an activating group) is 1. The monoisotopic (exact) mass is 491 g/mol. The van der Waals surface area contributed by atoms with E-state index in [1.165, 1.54) is 23.9 Å². The van der Waals surface area contributed by atoms with E-state index in [4.69, 9.17) is 0 Å². The predicted molar refractivity (Wildman–Crippen MR) is 139 cm³/mol. The molecule has 0 spiro atoms. The van der Waals surface area contributed by atoms with Crippen molar-refractivity contribution in [2.45, 2.75) is 31.7 Å². The maximum atomic E-state index is 13.5. The molecule has 0 aliphatic carbocycles. The van der Waals surface area contributed by atoms with Crippen LogP contribution < -0.4 is 5.32 Å². The number of carbonyl (C=O) groups excluding carboxylic acids is 2. The molecule has 1 N–H and O–H groups in total. The van der Waals surface area contributed by atoms with Crippen LogP contribution in [0.3, 0.4) is 0 Å². The first-order valence-electron chi connectivity index (χ1n) is 11.3. The number of carbonyl (C=O) groups is 2. The van der Waals surface area contributed by atoms with Crippen LogP contribution in [0, 0.1) is 17.0 Å². The Morgan fingerprint density at radius 3 is 2.29 bits per heavy atom. The molecular weight excluding hydrogens is 462 g/mol. The molecule has 0 aliphatic heterocycles. The number of nitrogens with zero attached hydrogens (tertiary/aromatic N) is 2. The lowest BCUT2D eigenvalue weighted by atomic mass is 10.0. The smallest absolute Gasteiger partial charge is 0.269 e. The maximum Gasteiger partial charge on any atom is 0.269 e. The van der Waals surface area contributed by atoms with Crippen molar-refractivity contribution in [3.63, 3.8) is 0 Å². The molecule has 2 amide bonds. The van der Waals surface area contributed by atoms with Gasteiger partial charge < -0.3 is 10.2 Å². The number of nitro benzene ring substituents is 1. The Labute approximate surface area is 209 Å². The van der Waals surface area contributed by atoms with Gasteiger partial charge in [0.1, 0.15) is 6.04 Å². The molecule has 3 aromatic rings. The van der Waals surface area contributed by atoms with Gasteiger partial charge in [-0.05, 0) is 23.6 Å². The van der Waals surface area contributed by atoms with Crippen LogP contribution >= 0.6 is 11.8 Å². The van der Waals surface area contributed by atoms with Crippen molar-refractivity contribution in [1.29, 1.82) is 0 Å². The van der Waals surface area contributed by atoms with E-state index in [9.17, 15) is 19.7 Å². The highest BCUT2D eigenvalue weighted by Gasteiger charge is 2.29. The van der Waals surface area contributed by atoms with Crippen LogP contribution in [-0.4, -0.2) is 40.5 Å². The summed E-state index contributed by atoms with van der Waals surface area (Å²) in [4.78, 5) is 38.5. The van der Waals surface area contributed by atoms with Crippen LogP contribution in [-0.2, 0) is 28.3 Å². The van der Waals surface area contributed by atoms with Gasteiger partial charge in [0.15, 0.2) is 0 Å². The van der Waals surface area contributed by atoms with Crippen LogP contribution in [0.25, 0.3) is 0 Å². The molecule has 35 heavy (non-hydrogen) atoms. The highest BCUT2D eigenvalue weighted by atomic mass is 32.2. The lowest BCUT2D eigenvalue weighted by Gasteiger charge is -2.31. The Balaban J connectivity index is 1.78. The van der Waals surface area contributed by atoms with Gasteiger partial charge in [0.2, 0.25) is 11.8 Å². The molecule has 3 aromatic carbocycles. The van der Waals surface area contributed by atoms with Crippen LogP contribution in [0.1, 0.15) is 22.3 Å². The summed E-state index contributed by atoms with van der Waals surface area (Å²) >= 11 is 1.42. The van der Waals surface area contributed by atoms with Gasteiger partial charge in [0.05, 0.1) is 10.7 Å². The Kier molecular flexibility index (Phi) is 9.43. The van der Waals surface area contributed by atoms with Crippen molar-refractivity contribution < 1.29 is 14.5 Å². The van der Waals surface area contributed by atoms with Gasteiger partial charge in [-0.1, -0.05) is 72.3 Å². The number of nitro groups is 1. The molecule has 182 valence electrons. The van der Waals surface area contributed by atoms with Crippen LogP contribution in [0.4, 0.5) is 5.69 Å². The summed E-state index contributed by atoms with van der Waals surface area (Å²) in [6.45, 7) is 2.32. The molecule has 1 atom stereocenters. The first-order valence-corrected chi connectivity index (χ1v) is 12.4. The molecule has 0 unspecified atom stereocenters. The van der Waals surface area contributed by atoms with Crippen molar-refractivity contribution in [1.82, 2.24) is 10.2 Å². The molecule has 0 bridgehead atoms. The van der Waals surface area contributed by atoms with E-state index < -0.39 is 11.0 Å². The second-order valence-electron chi connectivity index (χ2n) is 8.25. The number of rotatable bonds is 11. The Bertz CT molecular complexity index is 1150. The van der Waals surface area contributed by atoms with Gasteiger partial charge >= 0.3 is 0 Å². The minimum atomic E-state index is -0.657. The first kappa shape index (κ1) is 26.0. The SMILES string of the molecule is CNC(=O)[C@H](Cc1ccccc1)N(Cc1cccc(C)c1)C(=O)CSCc1ccc([N+](=O)[O-])cc1. The van der Waals surface area contributed by atoms with Gasteiger partial charge in [-0.15, -0.1) is 11.8 Å². The Morgan fingerprint density at radius 2 is 1.66 bits per heavy atom. The van der Waals surface area contributed by atoms with E-state index in [0.29, 0.717) is 18.7 Å². The zero-order valence-corrected chi connectivity index (χ0v) is 20.7. The fourth-order valence-corrected chi connectivity index (χ4v) is 4.65. The number of hydrogen-bond acceptors (Lipinski definition) is 5. The molecule has 3 rings (SSSR count). The topological polar surface area (TPSA) is 92.6 Å². The van der Waals surface area contributed by atoms with Crippen LogP contribution in [0.2, 0.25) is 0 Å². The van der Waals surface area contributed by atoms with E-state index in [1.807, 2.05) is 61.5 Å². The number of non-ortho nitro benzene ring substituents is 1. The van der Waals surface area contributed by atoms with Gasteiger partial charge in [0.25, 0.3) is 5.69 Å². The molecule has 8 heteroatoms. The summed E-state index contributed by atoms with van der Waals surface area (Å²) in [6.07, 6.45) is 0.408. The van der Waals surface area contributed by atoms with Gasteiger partial charge in [-0.2, -0.15) is 0 Å². The average molecular weight is 492 g/mol. The molecule has 0 radical (unpaired) electrons. The van der Waals surface area contributed by atoms with E-state index >= 15 is 0 Å². The van der Waals surface area contributed by atoms with Crippen molar-refractivity contribution in [3.05, 3.63) is 111 Å². The van der Waals surface area contributed by atoms with Crippen LogP contribution in [0.15, 0.2) is 78.9 Å². The molecule has 0 saturated carbocycles. The van der Waals surface area contributed by atoms with Gasteiger partial charge in [0, 0.05) is 37.9 Å². The zero-order valence-electron chi connectivity index (χ0n) is 19.8. The van der Waals surface area contributed by atoms with Gasteiger partial charge in [-0.3, -0.25) is 19.7 Å². The third kappa shape index (κ3) is 7.68. The molecule has 0 aromatic heterocycles. The number of aryl methyl sites for hydroxylation is 1. The Hall–Kier alpha value is -3.65. The third-order valence-corrected chi connectivity index (χ3v) is 6.58. The fraction of sp³-hybridized carbons (Fsp3) is 0.259. The van der Waals surface area contributed by atoms with E-state index in [-0.39, 0.29) is 23.3 Å². The van der Waals surface area contributed by atoms with E-state index in [2.05, 4.69) is 5.32 Å². The summed E-state index contributed by atoms with van der Waals surface area (Å²) in [5, 5.41) is 13.6. The number of thioether (sulfide) groups is 1. The van der Waals surface area contributed by atoms with Crippen molar-refractivity contribution in [2.24, 2.45) is 0 Å². The number of hydrogen-bond donors (Lipinski definition) is 1. The highest BCUT2D eigenvalue weighted by molar-refractivity contribution is 7.99. The lowest BCUT2D eigenvalue weighted by Crippen LogP contribution is -2.50. The fourth-order valence-electron chi connectivity index (χ4n) is 3.78. The standard InChI is InChI=1S/C27H29N3O4S/c1-20-7-6-10-23(15-20)17-29(25(27(32)28-2)16-21-8-4-3-5-9-21)26(31)19-35-18-22-11-13-24(14-12-22)30(33)34/h3-15,25H,16-19H2,1-2H3,(H,28,32)/t25-/m0/s1. The largest absolute Gasteiger partial charge is 0.357 e. The molecule has 0 heterocycles. The second kappa shape index (κ2) is 12.7. The lowest BCUT2D eigenvalue weighted by molar-refractivity contribution is -0.384. The molecule has 0 saturated heterocycles. The Morgan fingerprint density at radius 1 is 0.971 bits per heavy atom. The van der Waals surface area contributed by atoms with E-state index in [0.717, 1.165) is 22.3 Å². The molecule has 7 nitrogen and oxygen atoms in total. The highest BCUT2D eigenvalue weighted by Crippen LogP contribution is 2.20. The summed E-state index contributed by atoms with van der Waals surface area (Å²) in [5.41, 5.74) is 3.95. The van der Waals surface area contributed by atoms with E-state index in [1.54, 1.807) is 24.1 Å². The number of benzene rings is 3. The quantitative estimate of drug-likeness (QED) is 0.314. The molecule has 0 aliphatic rings. The first-order chi connectivity index (χ1) is 16.9. The zero-order chi connectivity index (χ0) is 25.2. The van der Waals surface area contributed by atoms with Gasteiger partial charge in [-0.25, -0.2) is 0 Å². The average Bonchev–Trinajstić information content (AvgIpc) is 2.86. The second-order valence-corrected chi connectivity index (χ2v) is 9.23. The molecular formula is C27H29N3O4S. The van der Waals surface area contributed by atoms with Crippen molar-refractivity contribution in [2.75, 3.05) is 12.8 Å². The summed E-state index contributed by atoms with van der Waals surface area (Å²) in [6, 6.07) is 23.2. The number of amides is 2. The summed E-state index contributed by atoms with van der Waals surface area (Å²) in [5.74, 6) is 0.370.